The van der Waals surface area contributed by atoms with Crippen LogP contribution in [0.5, 0.6) is 0 Å². The maximum Gasteiger partial charge on any atom is 0.305 e. The molecule has 86 valence electrons. The first kappa shape index (κ1) is 12.0. The highest BCUT2D eigenvalue weighted by atomic mass is 16.5. The number of carboxylic acids is 1. The van der Waals surface area contributed by atoms with Crippen molar-refractivity contribution in [1.29, 1.82) is 0 Å². The molecule has 1 saturated carbocycles. The van der Waals surface area contributed by atoms with E-state index in [0.717, 1.165) is 12.8 Å². The zero-order valence-corrected chi connectivity index (χ0v) is 8.86. The summed E-state index contributed by atoms with van der Waals surface area (Å²) >= 11 is 0. The molecule has 0 aromatic rings. The van der Waals surface area contributed by atoms with E-state index in [1.165, 1.54) is 0 Å². The minimum Gasteiger partial charge on any atom is -0.481 e. The summed E-state index contributed by atoms with van der Waals surface area (Å²) < 4.78 is 4.94. The van der Waals surface area contributed by atoms with Crippen LogP contribution in [0, 0.1) is 5.92 Å². The van der Waals surface area contributed by atoms with Gasteiger partial charge in [0.1, 0.15) is 6.61 Å². The minimum absolute atomic E-state index is 0.00251. The average molecular weight is 215 g/mol. The van der Waals surface area contributed by atoms with Gasteiger partial charge in [-0.2, -0.15) is 0 Å². The van der Waals surface area contributed by atoms with Gasteiger partial charge < -0.3 is 15.2 Å². The van der Waals surface area contributed by atoms with Gasteiger partial charge >= 0.3 is 5.97 Å². The monoisotopic (exact) mass is 215 g/mol. The number of amides is 1. The van der Waals surface area contributed by atoms with Gasteiger partial charge in [0.25, 0.3) is 0 Å². The lowest BCUT2D eigenvalue weighted by Crippen LogP contribution is -2.40. The molecule has 1 aliphatic rings. The summed E-state index contributed by atoms with van der Waals surface area (Å²) in [6, 6.07) is -0.226. The van der Waals surface area contributed by atoms with E-state index in [4.69, 9.17) is 9.84 Å². The fourth-order valence-electron chi connectivity index (χ4n) is 1.47. The van der Waals surface area contributed by atoms with Gasteiger partial charge in [0.15, 0.2) is 0 Å². The highest BCUT2D eigenvalue weighted by molar-refractivity contribution is 5.78. The molecular weight excluding hydrogens is 198 g/mol. The summed E-state index contributed by atoms with van der Waals surface area (Å²) in [6.07, 6.45) is 2.02. The summed E-state index contributed by atoms with van der Waals surface area (Å²) in [6.45, 7) is 2.31. The molecule has 0 aliphatic heterocycles. The Hall–Kier alpha value is -1.10. The third kappa shape index (κ3) is 4.78. The van der Waals surface area contributed by atoms with Gasteiger partial charge in [-0.1, -0.05) is 0 Å². The van der Waals surface area contributed by atoms with Crippen molar-refractivity contribution < 1.29 is 19.4 Å². The Morgan fingerprint density at radius 2 is 2.20 bits per heavy atom. The minimum atomic E-state index is -0.872. The quantitative estimate of drug-likeness (QED) is 0.644. The van der Waals surface area contributed by atoms with Gasteiger partial charge in [-0.05, 0) is 25.7 Å². The zero-order chi connectivity index (χ0) is 11.3. The van der Waals surface area contributed by atoms with Crippen LogP contribution in [0.2, 0.25) is 0 Å². The summed E-state index contributed by atoms with van der Waals surface area (Å²) in [5.74, 6) is -0.759. The number of nitrogens with one attached hydrogen (secondary N) is 1. The van der Waals surface area contributed by atoms with Crippen molar-refractivity contribution in [3.63, 3.8) is 0 Å². The Balaban J connectivity index is 2.30. The molecule has 0 bridgehead atoms. The number of rotatable bonds is 7. The van der Waals surface area contributed by atoms with Crippen molar-refractivity contribution >= 4 is 11.9 Å². The summed E-state index contributed by atoms with van der Waals surface area (Å²) in [5, 5.41) is 11.4. The van der Waals surface area contributed by atoms with Gasteiger partial charge in [-0.3, -0.25) is 9.59 Å². The van der Waals surface area contributed by atoms with Crippen LogP contribution in [0.1, 0.15) is 26.2 Å². The third-order valence-corrected chi connectivity index (χ3v) is 2.37. The maximum absolute atomic E-state index is 11.3. The molecule has 0 aromatic heterocycles. The fourth-order valence-corrected chi connectivity index (χ4v) is 1.47. The van der Waals surface area contributed by atoms with Crippen molar-refractivity contribution in [2.24, 2.45) is 5.92 Å². The number of aliphatic carboxylic acids is 1. The van der Waals surface area contributed by atoms with Crippen LogP contribution < -0.4 is 5.32 Å². The molecule has 15 heavy (non-hydrogen) atoms. The highest BCUT2D eigenvalue weighted by Gasteiger charge is 2.33. The number of hydrogen-bond acceptors (Lipinski definition) is 3. The lowest BCUT2D eigenvalue weighted by atomic mass is 10.1. The van der Waals surface area contributed by atoms with Crippen LogP contribution >= 0.6 is 0 Å². The largest absolute Gasteiger partial charge is 0.481 e. The van der Waals surface area contributed by atoms with Crippen molar-refractivity contribution in [3.05, 3.63) is 0 Å². The molecule has 1 aliphatic carbocycles. The second kappa shape index (κ2) is 5.70. The Kier molecular flexibility index (Phi) is 4.55. The summed E-state index contributed by atoms with van der Waals surface area (Å²) in [5.41, 5.74) is 0. The standard InChI is InChI=1S/C10H17NO4/c1-2-15-6-9(12)11-8(5-10(13)14)7-3-4-7/h7-8H,2-6H2,1H3,(H,11,12)(H,13,14). The molecule has 1 rings (SSSR count). The molecule has 1 atom stereocenters. The van der Waals surface area contributed by atoms with E-state index in [1.807, 2.05) is 6.92 Å². The molecule has 0 saturated heterocycles. The third-order valence-electron chi connectivity index (χ3n) is 2.37. The molecule has 1 unspecified atom stereocenters. The van der Waals surface area contributed by atoms with Crippen LogP contribution in [0.25, 0.3) is 0 Å². The predicted molar refractivity (Wildman–Crippen MR) is 53.4 cm³/mol. The molecular formula is C10H17NO4. The van der Waals surface area contributed by atoms with Crippen LogP contribution in [0.15, 0.2) is 0 Å². The van der Waals surface area contributed by atoms with Gasteiger partial charge in [0, 0.05) is 12.6 Å². The Morgan fingerprint density at radius 1 is 1.53 bits per heavy atom. The van der Waals surface area contributed by atoms with Gasteiger partial charge in [0.05, 0.1) is 6.42 Å². The lowest BCUT2D eigenvalue weighted by Gasteiger charge is -2.15. The number of carbonyl (C=O) groups excluding carboxylic acids is 1. The van der Waals surface area contributed by atoms with Crippen LogP contribution in [0.4, 0.5) is 0 Å². The van der Waals surface area contributed by atoms with Gasteiger partial charge in [0.2, 0.25) is 5.91 Å². The number of carboxylic acid groups (broad SMARTS) is 1. The van der Waals surface area contributed by atoms with Crippen LogP contribution in [-0.2, 0) is 14.3 Å². The van der Waals surface area contributed by atoms with E-state index < -0.39 is 5.97 Å². The highest BCUT2D eigenvalue weighted by Crippen LogP contribution is 2.33. The lowest BCUT2D eigenvalue weighted by molar-refractivity contribution is -0.138. The average Bonchev–Trinajstić information content (AvgIpc) is 2.96. The first-order valence-corrected chi connectivity index (χ1v) is 5.22. The van der Waals surface area contributed by atoms with Crippen molar-refractivity contribution in [2.45, 2.75) is 32.2 Å². The van der Waals surface area contributed by atoms with Gasteiger partial charge in [-0.25, -0.2) is 0 Å². The van der Waals surface area contributed by atoms with Crippen LogP contribution in [-0.4, -0.2) is 36.2 Å². The Bertz CT molecular complexity index is 238. The van der Waals surface area contributed by atoms with E-state index in [2.05, 4.69) is 5.32 Å². The number of carbonyl (C=O) groups is 2. The van der Waals surface area contributed by atoms with E-state index >= 15 is 0 Å². The zero-order valence-electron chi connectivity index (χ0n) is 8.86. The predicted octanol–water partition coefficient (Wildman–Crippen LogP) is 0.392. The normalized spacial score (nSPS) is 17.1. The second-order valence-electron chi connectivity index (χ2n) is 3.75. The van der Waals surface area contributed by atoms with Crippen molar-refractivity contribution in [3.8, 4) is 0 Å². The van der Waals surface area contributed by atoms with E-state index in [0.29, 0.717) is 12.5 Å². The summed E-state index contributed by atoms with van der Waals surface area (Å²) in [7, 11) is 0. The van der Waals surface area contributed by atoms with Crippen LogP contribution in [0.3, 0.4) is 0 Å². The van der Waals surface area contributed by atoms with E-state index in [1.54, 1.807) is 0 Å². The van der Waals surface area contributed by atoms with E-state index in [-0.39, 0.29) is 25.0 Å². The molecule has 1 amide bonds. The molecule has 1 fully saturated rings. The Labute approximate surface area is 88.8 Å². The van der Waals surface area contributed by atoms with Gasteiger partial charge in [-0.15, -0.1) is 0 Å². The molecule has 0 spiro atoms. The van der Waals surface area contributed by atoms with Crippen molar-refractivity contribution in [1.82, 2.24) is 5.32 Å². The smallest absolute Gasteiger partial charge is 0.305 e. The fraction of sp³-hybridized carbons (Fsp3) is 0.800. The molecule has 2 N–H and O–H groups in total. The second-order valence-corrected chi connectivity index (χ2v) is 3.75. The molecule has 5 nitrogen and oxygen atoms in total. The topological polar surface area (TPSA) is 75.6 Å². The van der Waals surface area contributed by atoms with E-state index in [9.17, 15) is 9.59 Å². The number of ether oxygens (including phenoxy) is 1. The first-order chi connectivity index (χ1) is 7.13. The molecule has 0 aromatic carbocycles. The first-order valence-electron chi connectivity index (χ1n) is 5.22. The molecule has 5 heteroatoms. The SMILES string of the molecule is CCOCC(=O)NC(CC(=O)O)C1CC1. The molecule has 0 heterocycles. The number of hydrogen-bond donors (Lipinski definition) is 2. The van der Waals surface area contributed by atoms with Crippen molar-refractivity contribution in [2.75, 3.05) is 13.2 Å². The maximum atomic E-state index is 11.3. The summed E-state index contributed by atoms with van der Waals surface area (Å²) in [4.78, 5) is 21.9. The molecule has 0 radical (unpaired) electrons. The Morgan fingerprint density at radius 3 is 2.67 bits per heavy atom.